The number of aliphatic carboxylic acids is 2. The van der Waals surface area contributed by atoms with Crippen molar-refractivity contribution in [2.75, 3.05) is 310 Å². The van der Waals surface area contributed by atoms with Gasteiger partial charge < -0.3 is 124 Å². The maximum absolute atomic E-state index is 13.6. The summed E-state index contributed by atoms with van der Waals surface area (Å²) in [6.45, 7) is 26.5. The number of amides is 1. The molecule has 29 nitrogen and oxygen atoms in total. The number of hydrogen-bond acceptors (Lipinski definition) is 26. The molecular weight excluding hydrogens is 1350 g/mol. The Balaban J connectivity index is 3.44. The van der Waals surface area contributed by atoms with E-state index in [-0.39, 0.29) is 19.6 Å². The molecule has 3 N–H and O–H groups in total. The average molecular weight is 1500 g/mol. The largest absolute Gasteiger partial charge is 0.481 e. The Morgan fingerprint density at radius 3 is 0.583 bits per heavy atom. The molecule has 1 atom stereocenters. The van der Waals surface area contributed by atoms with Gasteiger partial charge in [0, 0.05) is 19.6 Å². The van der Waals surface area contributed by atoms with Crippen molar-refractivity contribution in [1.82, 2.24) is 5.32 Å². The van der Waals surface area contributed by atoms with Gasteiger partial charge in [0.25, 0.3) is 0 Å². The summed E-state index contributed by atoms with van der Waals surface area (Å²) in [5.74, 6) is -2.24. The lowest BCUT2D eigenvalue weighted by atomic mass is 9.76. The SMILES string of the molecule is CCCCCCCCCCCC(CCCCCCCCCCC(=O)O)(C(=O)O)C(=O)NCCOCCOCCOCCOCCOCCOCCOCCOCCOCCOCCOCCOCCOCCOCCOCCOCCOCCOCCOCCOCCOCCOCCOCCC. The Bertz CT molecular complexity index is 1670. The van der Waals surface area contributed by atoms with Gasteiger partial charge in [-0.15, -0.1) is 0 Å². The second-order valence-electron chi connectivity index (χ2n) is 24.0. The first-order valence-electron chi connectivity index (χ1n) is 38.9. The fourth-order valence-corrected chi connectivity index (χ4v) is 9.65. The first-order valence-corrected chi connectivity index (χ1v) is 38.9. The molecule has 0 saturated carbocycles. The third-order valence-electron chi connectivity index (χ3n) is 15.4. The van der Waals surface area contributed by atoms with Gasteiger partial charge in [-0.2, -0.15) is 0 Å². The van der Waals surface area contributed by atoms with E-state index >= 15 is 0 Å². The van der Waals surface area contributed by atoms with Gasteiger partial charge in [-0.3, -0.25) is 14.4 Å². The summed E-state index contributed by atoms with van der Waals surface area (Å²) in [6.07, 6.45) is 19.0. The van der Waals surface area contributed by atoms with E-state index in [1.54, 1.807) is 0 Å². The van der Waals surface area contributed by atoms with Crippen LogP contribution in [0.3, 0.4) is 0 Å². The summed E-state index contributed by atoms with van der Waals surface area (Å²) in [6, 6.07) is 0. The van der Waals surface area contributed by atoms with Crippen molar-refractivity contribution in [3.8, 4) is 0 Å². The topological polar surface area (TPSA) is 316 Å². The second-order valence-corrected chi connectivity index (χ2v) is 24.0. The third kappa shape index (κ3) is 80.3. The molecule has 0 fully saturated rings. The van der Waals surface area contributed by atoms with E-state index in [4.69, 9.17) is 114 Å². The van der Waals surface area contributed by atoms with Gasteiger partial charge in [-0.05, 0) is 25.7 Å². The molecule has 0 aliphatic heterocycles. The average Bonchev–Trinajstić information content (AvgIpc) is 0.820. The van der Waals surface area contributed by atoms with E-state index < -0.39 is 23.3 Å². The monoisotopic (exact) mass is 1500 g/mol. The van der Waals surface area contributed by atoms with Gasteiger partial charge in [-0.25, -0.2) is 0 Å². The molecule has 0 aliphatic carbocycles. The van der Waals surface area contributed by atoms with Crippen LogP contribution in [0.1, 0.15) is 149 Å². The van der Waals surface area contributed by atoms with Crippen LogP contribution in [0, 0.1) is 5.41 Å². The third-order valence-corrected chi connectivity index (χ3v) is 15.4. The number of carbonyl (C=O) groups is 3. The smallest absolute Gasteiger partial charge is 0.319 e. The Morgan fingerprint density at radius 1 is 0.223 bits per heavy atom. The molecule has 0 aromatic heterocycles. The molecule has 0 saturated heterocycles. The number of ether oxygens (including phenoxy) is 23. The quantitative estimate of drug-likeness (QED) is 0.0385. The van der Waals surface area contributed by atoms with Gasteiger partial charge in [0.1, 0.15) is 5.41 Å². The van der Waals surface area contributed by atoms with Crippen LogP contribution in [0.15, 0.2) is 0 Å². The van der Waals surface area contributed by atoms with E-state index in [1.165, 1.54) is 32.1 Å². The molecule has 29 heteroatoms. The summed E-state index contributed by atoms with van der Waals surface area (Å²) < 4.78 is 127. The Labute approximate surface area is 619 Å². The molecule has 0 spiro atoms. The van der Waals surface area contributed by atoms with Gasteiger partial charge >= 0.3 is 11.9 Å². The number of carbonyl (C=O) groups excluding carboxylic acids is 1. The maximum Gasteiger partial charge on any atom is 0.319 e. The lowest BCUT2D eigenvalue weighted by molar-refractivity contribution is -0.157. The zero-order chi connectivity index (χ0) is 74.3. The molecule has 1 unspecified atom stereocenters. The van der Waals surface area contributed by atoms with Crippen LogP contribution in [-0.2, 0) is 123 Å². The fourth-order valence-electron chi connectivity index (χ4n) is 9.65. The molecule has 1 amide bonds. The lowest BCUT2D eigenvalue weighted by Gasteiger charge is -2.28. The van der Waals surface area contributed by atoms with E-state index in [9.17, 15) is 19.5 Å². The fraction of sp³-hybridized carbons (Fsp3) is 0.959. The van der Waals surface area contributed by atoms with Crippen LogP contribution in [0.25, 0.3) is 0 Å². The zero-order valence-corrected chi connectivity index (χ0v) is 64.1. The molecule has 0 aromatic rings. The van der Waals surface area contributed by atoms with Crippen molar-refractivity contribution in [1.29, 1.82) is 0 Å². The minimum Gasteiger partial charge on any atom is -0.481 e. The van der Waals surface area contributed by atoms with Crippen LogP contribution in [0.5, 0.6) is 0 Å². The van der Waals surface area contributed by atoms with Crippen LogP contribution in [0.2, 0.25) is 0 Å². The van der Waals surface area contributed by atoms with Gasteiger partial charge in [0.05, 0.1) is 297 Å². The Morgan fingerprint density at radius 2 is 0.398 bits per heavy atom. The number of rotatable bonds is 94. The molecule has 0 aromatic carbocycles. The minimum atomic E-state index is -1.45. The Kier molecular flexibility index (Phi) is 86.2. The summed E-state index contributed by atoms with van der Waals surface area (Å²) in [4.78, 5) is 37.1. The minimum absolute atomic E-state index is 0.210. The van der Waals surface area contributed by atoms with E-state index in [1.807, 2.05) is 0 Å². The highest BCUT2D eigenvalue weighted by Gasteiger charge is 2.44. The van der Waals surface area contributed by atoms with E-state index in [0.29, 0.717) is 323 Å². The maximum atomic E-state index is 13.6. The van der Waals surface area contributed by atoms with Gasteiger partial charge in [-0.1, -0.05) is 117 Å². The molecule has 103 heavy (non-hydrogen) atoms. The summed E-state index contributed by atoms with van der Waals surface area (Å²) in [5.41, 5.74) is -1.45. The Hall–Kier alpha value is -2.51. The number of carboxylic acids is 2. The predicted molar refractivity (Wildman–Crippen MR) is 388 cm³/mol. The van der Waals surface area contributed by atoms with Crippen molar-refractivity contribution in [2.24, 2.45) is 5.41 Å². The first kappa shape index (κ1) is 100. The number of nitrogens with one attached hydrogen (secondary N) is 1. The van der Waals surface area contributed by atoms with Crippen molar-refractivity contribution in [3.63, 3.8) is 0 Å². The second kappa shape index (κ2) is 88.4. The number of unbranched alkanes of at least 4 members (excludes halogenated alkanes) is 15. The van der Waals surface area contributed by atoms with Crippen LogP contribution in [-0.4, -0.2) is 339 Å². The molecule has 0 rings (SSSR count). The first-order chi connectivity index (χ1) is 50.9. The van der Waals surface area contributed by atoms with Crippen LogP contribution in [0.4, 0.5) is 0 Å². The normalized spacial score (nSPS) is 12.3. The van der Waals surface area contributed by atoms with Crippen LogP contribution >= 0.6 is 0 Å². The molecule has 0 heterocycles. The van der Waals surface area contributed by atoms with Gasteiger partial charge in [0.2, 0.25) is 5.91 Å². The summed E-state index contributed by atoms with van der Waals surface area (Å²) >= 11 is 0. The molecule has 0 radical (unpaired) electrons. The lowest BCUT2D eigenvalue weighted by Crippen LogP contribution is -2.47. The highest BCUT2D eigenvalue weighted by atomic mass is 16.6. The predicted octanol–water partition coefficient (Wildman–Crippen LogP) is 7.87. The molecule has 0 aliphatic rings. The van der Waals surface area contributed by atoms with Gasteiger partial charge in [0.15, 0.2) is 0 Å². The number of carboxylic acid groups (broad SMARTS) is 2. The standard InChI is InChI=1S/C74H145NO28/c1-3-5-6-7-8-10-13-16-19-22-74(73(79)80,23-20-17-14-11-9-12-15-18-21-71(76)77)72(78)75-24-26-82-28-30-84-32-34-86-36-38-88-40-42-90-44-46-92-48-50-94-52-54-96-56-58-98-60-62-100-64-66-102-68-70-103-69-67-101-65-63-99-61-59-97-57-55-95-53-51-93-49-47-91-45-43-89-41-39-87-37-35-85-33-31-83-29-27-81-25-4-2/h3-70H2,1-2H3,(H,75,78)(H,76,77)(H,79,80). The molecular formula is C74H145NO28. The molecule has 614 valence electrons. The highest BCUT2D eigenvalue weighted by molar-refractivity contribution is 6.01. The van der Waals surface area contributed by atoms with Crippen LogP contribution < -0.4 is 5.32 Å². The number of hydrogen-bond donors (Lipinski definition) is 3. The van der Waals surface area contributed by atoms with Crippen molar-refractivity contribution in [2.45, 2.75) is 149 Å². The highest BCUT2D eigenvalue weighted by Crippen LogP contribution is 2.33. The summed E-state index contributed by atoms with van der Waals surface area (Å²) in [5, 5.41) is 22.2. The van der Waals surface area contributed by atoms with E-state index in [0.717, 1.165) is 70.8 Å². The van der Waals surface area contributed by atoms with Crippen molar-refractivity contribution >= 4 is 17.8 Å². The van der Waals surface area contributed by atoms with Crippen molar-refractivity contribution in [3.05, 3.63) is 0 Å². The molecule has 0 bridgehead atoms. The summed E-state index contributed by atoms with van der Waals surface area (Å²) in [7, 11) is 0. The van der Waals surface area contributed by atoms with E-state index in [2.05, 4.69) is 19.2 Å². The zero-order valence-electron chi connectivity index (χ0n) is 64.1. The van der Waals surface area contributed by atoms with Crippen molar-refractivity contribution < 1.29 is 134 Å².